The van der Waals surface area contributed by atoms with E-state index in [0.29, 0.717) is 17.8 Å². The Labute approximate surface area is 156 Å². The molecule has 0 bridgehead atoms. The van der Waals surface area contributed by atoms with Gasteiger partial charge in [0.15, 0.2) is 5.78 Å². The number of rotatable bonds is 2. The molecule has 0 spiro atoms. The number of aliphatic hydroxyl groups excluding tert-OH is 1. The van der Waals surface area contributed by atoms with Crippen LogP contribution in [0.4, 0.5) is 0 Å². The van der Waals surface area contributed by atoms with E-state index in [2.05, 4.69) is 26.8 Å². The smallest absolute Gasteiger partial charge is 0.174 e. The highest BCUT2D eigenvalue weighted by molar-refractivity contribution is 6.30. The number of ketones is 1. The lowest BCUT2D eigenvalue weighted by molar-refractivity contribution is -0.115. The van der Waals surface area contributed by atoms with Crippen molar-refractivity contribution in [2.45, 2.75) is 71.8 Å². The molecule has 0 saturated heterocycles. The fourth-order valence-corrected chi connectivity index (χ4v) is 7.33. The van der Waals surface area contributed by atoms with Gasteiger partial charge in [0.2, 0.25) is 0 Å². The summed E-state index contributed by atoms with van der Waals surface area (Å²) in [5.74, 6) is 2.22. The van der Waals surface area contributed by atoms with Gasteiger partial charge in [-0.25, -0.2) is 0 Å². The molecule has 0 heterocycles. The summed E-state index contributed by atoms with van der Waals surface area (Å²) in [5, 5.41) is 10.1. The molecule has 0 aromatic heterocycles. The van der Waals surface area contributed by atoms with Gasteiger partial charge in [0.25, 0.3) is 0 Å². The summed E-state index contributed by atoms with van der Waals surface area (Å²) in [4.78, 5) is 12.5. The van der Waals surface area contributed by atoms with Crippen LogP contribution in [0.15, 0.2) is 22.8 Å². The third-order valence-electron chi connectivity index (χ3n) is 8.39. The summed E-state index contributed by atoms with van der Waals surface area (Å²) in [6.45, 7) is 6.93. The maximum Gasteiger partial charge on any atom is 0.174 e. The Morgan fingerprint density at radius 2 is 1.92 bits per heavy atom. The first-order chi connectivity index (χ1) is 11.8. The Morgan fingerprint density at radius 3 is 2.64 bits per heavy atom. The van der Waals surface area contributed by atoms with Crippen molar-refractivity contribution in [2.24, 2.45) is 28.6 Å². The zero-order chi connectivity index (χ0) is 18.0. The highest BCUT2D eigenvalue weighted by atomic mass is 35.5. The molecule has 2 nitrogen and oxygen atoms in total. The van der Waals surface area contributed by atoms with Gasteiger partial charge in [-0.15, -0.1) is 11.6 Å². The molecule has 2 fully saturated rings. The Morgan fingerprint density at radius 1 is 1.20 bits per heavy atom. The van der Waals surface area contributed by atoms with Crippen molar-refractivity contribution in [3.63, 3.8) is 0 Å². The van der Waals surface area contributed by atoms with Crippen LogP contribution in [0.25, 0.3) is 0 Å². The Kier molecular flexibility index (Phi) is 4.24. The number of aliphatic hydroxyl groups is 1. The summed E-state index contributed by atoms with van der Waals surface area (Å²) in [6, 6.07) is 0. The number of alkyl halides is 1. The van der Waals surface area contributed by atoms with E-state index in [4.69, 9.17) is 11.6 Å². The van der Waals surface area contributed by atoms with Crippen LogP contribution in [0.3, 0.4) is 0 Å². The number of carbonyl (C=O) groups is 1. The van der Waals surface area contributed by atoms with E-state index in [1.54, 1.807) is 0 Å². The molecule has 6 atom stereocenters. The number of allylic oxidation sites excluding steroid dienone is 3. The molecule has 3 heteroatoms. The second-order valence-electron chi connectivity index (χ2n) is 9.53. The lowest BCUT2D eigenvalue weighted by atomic mass is 9.47. The normalized spacial score (nSPS) is 46.2. The summed E-state index contributed by atoms with van der Waals surface area (Å²) < 4.78 is 0. The summed E-state index contributed by atoms with van der Waals surface area (Å²) in [7, 11) is 0. The monoisotopic (exact) mass is 362 g/mol. The molecule has 0 aliphatic heterocycles. The largest absolute Gasteiger partial charge is 0.393 e. The van der Waals surface area contributed by atoms with E-state index >= 15 is 0 Å². The van der Waals surface area contributed by atoms with Gasteiger partial charge in [0.1, 0.15) is 0 Å². The topological polar surface area (TPSA) is 37.3 Å². The fraction of sp³-hybridized carbons (Fsp3) is 0.773. The third kappa shape index (κ3) is 2.43. The van der Waals surface area contributed by atoms with Gasteiger partial charge in [-0.05, 0) is 80.5 Å². The molecule has 0 radical (unpaired) electrons. The van der Waals surface area contributed by atoms with Gasteiger partial charge in [-0.3, -0.25) is 4.79 Å². The quantitative estimate of drug-likeness (QED) is 0.551. The van der Waals surface area contributed by atoms with Gasteiger partial charge in [0.05, 0.1) is 12.0 Å². The van der Waals surface area contributed by atoms with E-state index in [1.807, 2.05) is 0 Å². The molecule has 2 saturated carbocycles. The predicted octanol–water partition coefficient (Wildman–Crippen LogP) is 5.04. The first-order valence-corrected chi connectivity index (χ1v) is 10.5. The van der Waals surface area contributed by atoms with E-state index in [1.165, 1.54) is 17.6 Å². The average molecular weight is 363 g/mol. The van der Waals surface area contributed by atoms with Crippen molar-refractivity contribution in [1.29, 1.82) is 0 Å². The molecule has 4 aliphatic rings. The molecule has 4 rings (SSSR count). The fourth-order valence-electron chi connectivity index (χ4n) is 7.19. The van der Waals surface area contributed by atoms with E-state index in [9.17, 15) is 9.90 Å². The highest BCUT2D eigenvalue weighted by Crippen LogP contribution is 2.66. The zero-order valence-corrected chi connectivity index (χ0v) is 16.5. The second kappa shape index (κ2) is 5.96. The maximum atomic E-state index is 12.5. The Balaban J connectivity index is 1.68. The molecular weight excluding hydrogens is 332 g/mol. The standard InChI is InChI=1S/C22H31ClO2/c1-13-10-18-16-5-4-14-11-15(24)6-8-21(14,2)17(16)7-9-22(18,3)20(13)19(25)12-23/h4,15-18,24H,5-12H2,1-3H3/t15?,16-,17+,18+,21+,22+/m1/s1. The van der Waals surface area contributed by atoms with Crippen LogP contribution in [0.2, 0.25) is 0 Å². The van der Waals surface area contributed by atoms with Gasteiger partial charge in [-0.2, -0.15) is 0 Å². The lowest BCUT2D eigenvalue weighted by Gasteiger charge is -2.57. The van der Waals surface area contributed by atoms with Crippen LogP contribution in [0.5, 0.6) is 0 Å². The van der Waals surface area contributed by atoms with Crippen LogP contribution < -0.4 is 0 Å². The molecule has 1 unspecified atom stereocenters. The first-order valence-electron chi connectivity index (χ1n) is 9.98. The molecule has 0 aromatic rings. The van der Waals surface area contributed by atoms with Crippen LogP contribution in [-0.2, 0) is 4.79 Å². The van der Waals surface area contributed by atoms with Crippen molar-refractivity contribution in [1.82, 2.24) is 0 Å². The molecule has 1 N–H and O–H groups in total. The van der Waals surface area contributed by atoms with Crippen LogP contribution >= 0.6 is 11.6 Å². The van der Waals surface area contributed by atoms with Gasteiger partial charge >= 0.3 is 0 Å². The van der Waals surface area contributed by atoms with E-state index in [0.717, 1.165) is 44.1 Å². The summed E-state index contributed by atoms with van der Waals surface area (Å²) >= 11 is 5.94. The average Bonchev–Trinajstić information content (AvgIpc) is 2.85. The number of Topliss-reactive ketones (excluding diaryl/α,β-unsaturated/α-hetero) is 1. The third-order valence-corrected chi connectivity index (χ3v) is 8.63. The molecule has 0 aromatic carbocycles. The molecular formula is C22H31ClO2. The number of halogens is 1. The minimum Gasteiger partial charge on any atom is -0.393 e. The summed E-state index contributed by atoms with van der Waals surface area (Å²) in [5.41, 5.74) is 4.14. The SMILES string of the molecule is CC1=C(C(=O)CCl)[C@@]2(C)CC[C@H]3[C@@H](CC=C4CC(O)CC[C@@]43C)[C@@H]2C1. The van der Waals surface area contributed by atoms with Crippen molar-refractivity contribution >= 4 is 17.4 Å². The van der Waals surface area contributed by atoms with Crippen molar-refractivity contribution in [2.75, 3.05) is 5.88 Å². The number of carbonyl (C=O) groups excluding carboxylic acids is 1. The van der Waals surface area contributed by atoms with E-state index in [-0.39, 0.29) is 28.6 Å². The second-order valence-corrected chi connectivity index (χ2v) is 9.80. The Hall–Kier alpha value is -0.600. The lowest BCUT2D eigenvalue weighted by Crippen LogP contribution is -2.50. The van der Waals surface area contributed by atoms with Crippen LogP contribution in [0, 0.1) is 28.6 Å². The van der Waals surface area contributed by atoms with Crippen molar-refractivity contribution in [3.05, 3.63) is 22.8 Å². The minimum atomic E-state index is -0.145. The highest BCUT2D eigenvalue weighted by Gasteiger charge is 2.58. The first kappa shape index (κ1) is 17.8. The van der Waals surface area contributed by atoms with Crippen LogP contribution in [-0.4, -0.2) is 22.9 Å². The van der Waals surface area contributed by atoms with Gasteiger partial charge in [0, 0.05) is 5.57 Å². The number of hydrogen-bond acceptors (Lipinski definition) is 2. The van der Waals surface area contributed by atoms with Crippen molar-refractivity contribution < 1.29 is 9.90 Å². The molecule has 138 valence electrons. The van der Waals surface area contributed by atoms with Gasteiger partial charge in [-0.1, -0.05) is 31.1 Å². The van der Waals surface area contributed by atoms with E-state index < -0.39 is 0 Å². The number of fused-ring (bicyclic) bond motifs is 5. The van der Waals surface area contributed by atoms with Crippen LogP contribution in [0.1, 0.15) is 65.7 Å². The maximum absolute atomic E-state index is 12.5. The minimum absolute atomic E-state index is 0.0209. The Bertz CT molecular complexity index is 663. The predicted molar refractivity (Wildman–Crippen MR) is 102 cm³/mol. The molecule has 4 aliphatic carbocycles. The molecule has 0 amide bonds. The van der Waals surface area contributed by atoms with Gasteiger partial charge < -0.3 is 5.11 Å². The molecule has 25 heavy (non-hydrogen) atoms. The summed E-state index contributed by atoms with van der Waals surface area (Å²) in [6.07, 6.45) is 9.73. The van der Waals surface area contributed by atoms with Crippen molar-refractivity contribution in [3.8, 4) is 0 Å². The number of hydrogen-bond donors (Lipinski definition) is 1. The zero-order valence-electron chi connectivity index (χ0n) is 15.8.